The minimum Gasteiger partial charge on any atom is -0.497 e. The molecule has 1 aliphatic rings. The lowest BCUT2D eigenvalue weighted by molar-refractivity contribution is -0.163. The highest BCUT2D eigenvalue weighted by Gasteiger charge is 2.51. The number of nitrogens with one attached hydrogen (secondary N) is 2. The normalized spacial score (nSPS) is 25.0. The number of hydrogen-bond donors (Lipinski definition) is 3. The molecule has 1 aromatic heterocycles. The highest BCUT2D eigenvalue weighted by Crippen LogP contribution is 2.44. The van der Waals surface area contributed by atoms with Crippen LogP contribution in [-0.2, 0) is 16.0 Å². The molecule has 0 saturated carbocycles. The van der Waals surface area contributed by atoms with Gasteiger partial charge in [0, 0.05) is 23.6 Å². The van der Waals surface area contributed by atoms with Gasteiger partial charge in [0.1, 0.15) is 5.75 Å². The molecule has 26 heavy (non-hydrogen) atoms. The Bertz CT molecular complexity index is 848. The second-order valence-electron chi connectivity index (χ2n) is 7.22. The molecule has 0 unspecified atom stereocenters. The Morgan fingerprint density at radius 1 is 1.27 bits per heavy atom. The van der Waals surface area contributed by atoms with Crippen molar-refractivity contribution in [2.24, 2.45) is 5.92 Å². The number of carbonyl (C=O) groups is 1. The van der Waals surface area contributed by atoms with E-state index in [2.05, 4.69) is 10.2 Å². The van der Waals surface area contributed by atoms with Crippen LogP contribution in [0.1, 0.15) is 43.5 Å². The van der Waals surface area contributed by atoms with E-state index in [-0.39, 0.29) is 18.1 Å². The van der Waals surface area contributed by atoms with Crippen LogP contribution in [0, 0.1) is 5.92 Å². The van der Waals surface area contributed by atoms with E-state index in [1.165, 1.54) is 0 Å². The Labute approximate surface area is 151 Å². The van der Waals surface area contributed by atoms with Gasteiger partial charge in [-0.15, -0.1) is 0 Å². The molecule has 0 amide bonds. The zero-order chi connectivity index (χ0) is 19.1. The molecule has 7 nitrogen and oxygen atoms in total. The van der Waals surface area contributed by atoms with E-state index in [9.17, 15) is 14.7 Å². The zero-order valence-electron chi connectivity index (χ0n) is 15.3. The van der Waals surface area contributed by atoms with Gasteiger partial charge in [-0.1, -0.05) is 12.1 Å². The smallest absolute Gasteiger partial charge is 0.313 e. The first-order chi connectivity index (χ1) is 12.2. The molecule has 0 spiro atoms. The maximum Gasteiger partial charge on any atom is 0.313 e. The van der Waals surface area contributed by atoms with Crippen molar-refractivity contribution in [3.63, 3.8) is 0 Å². The van der Waals surface area contributed by atoms with Gasteiger partial charge in [0.2, 0.25) is 0 Å². The van der Waals surface area contributed by atoms with E-state index in [0.717, 1.165) is 5.56 Å². The lowest BCUT2D eigenvalue weighted by Gasteiger charge is -2.40. The third kappa shape index (κ3) is 3.14. The summed E-state index contributed by atoms with van der Waals surface area (Å²) in [5.41, 5.74) is 0.151. The van der Waals surface area contributed by atoms with Crippen LogP contribution in [0.25, 0.3) is 0 Å². The number of methoxy groups -OCH3 is 1. The number of aliphatic hydroxyl groups is 1. The average molecular weight is 360 g/mol. The van der Waals surface area contributed by atoms with Gasteiger partial charge in [-0.2, -0.15) is 0 Å². The SMILES string of the molecule is COc1ccc([C@@H]2c3c([nH][nH]c3=O)C[C@@](C)(O)[C@H]2C(=O)OC(C)C)cc1. The molecule has 0 fully saturated rings. The van der Waals surface area contributed by atoms with Crippen LogP contribution in [-0.4, -0.2) is 40.1 Å². The fourth-order valence-corrected chi connectivity index (χ4v) is 3.73. The lowest BCUT2D eigenvalue weighted by atomic mass is 9.66. The predicted molar refractivity (Wildman–Crippen MR) is 95.3 cm³/mol. The zero-order valence-corrected chi connectivity index (χ0v) is 15.3. The number of fused-ring (bicyclic) bond motifs is 1. The van der Waals surface area contributed by atoms with Gasteiger partial charge in [0.25, 0.3) is 5.56 Å². The highest BCUT2D eigenvalue weighted by atomic mass is 16.5. The molecule has 3 rings (SSSR count). The van der Waals surface area contributed by atoms with E-state index >= 15 is 0 Å². The standard InChI is InChI=1S/C19H24N2O5/c1-10(2)26-18(23)16-14(11-5-7-12(25-4)8-6-11)15-13(9-19(16,3)24)20-21-17(15)22/h5-8,10,14,16,24H,9H2,1-4H3,(H2,20,21,22)/t14-,16-,19-/m1/s1. The molecule has 0 radical (unpaired) electrons. The van der Waals surface area contributed by atoms with Crippen molar-refractivity contribution in [1.29, 1.82) is 0 Å². The second kappa shape index (κ2) is 6.64. The summed E-state index contributed by atoms with van der Waals surface area (Å²) in [6, 6.07) is 7.14. The molecular weight excluding hydrogens is 336 g/mol. The van der Waals surface area contributed by atoms with Crippen molar-refractivity contribution in [3.05, 3.63) is 51.4 Å². The van der Waals surface area contributed by atoms with E-state index < -0.39 is 23.4 Å². The Hall–Kier alpha value is -2.54. The summed E-state index contributed by atoms with van der Waals surface area (Å²) in [5, 5.41) is 16.4. The monoisotopic (exact) mass is 360 g/mol. The van der Waals surface area contributed by atoms with Gasteiger partial charge in [-0.25, -0.2) is 0 Å². The minimum atomic E-state index is -1.37. The number of rotatable bonds is 4. The number of hydrogen-bond acceptors (Lipinski definition) is 5. The van der Waals surface area contributed by atoms with Gasteiger partial charge >= 0.3 is 5.97 Å². The fraction of sp³-hybridized carbons (Fsp3) is 0.474. The van der Waals surface area contributed by atoms with Crippen molar-refractivity contribution < 1.29 is 19.4 Å². The maximum absolute atomic E-state index is 12.8. The highest BCUT2D eigenvalue weighted by molar-refractivity contribution is 5.77. The molecule has 3 N–H and O–H groups in total. The van der Waals surface area contributed by atoms with Crippen LogP contribution >= 0.6 is 0 Å². The first kappa shape index (κ1) is 18.3. The van der Waals surface area contributed by atoms with Crippen LogP contribution in [0.5, 0.6) is 5.75 Å². The fourth-order valence-electron chi connectivity index (χ4n) is 3.73. The molecular formula is C19H24N2O5. The summed E-state index contributed by atoms with van der Waals surface area (Å²) >= 11 is 0. The van der Waals surface area contributed by atoms with E-state index in [4.69, 9.17) is 9.47 Å². The summed E-state index contributed by atoms with van der Waals surface area (Å²) in [6.45, 7) is 5.11. The minimum absolute atomic E-state index is 0.158. The Kier molecular flexibility index (Phi) is 4.66. The van der Waals surface area contributed by atoms with Crippen molar-refractivity contribution in [2.45, 2.75) is 44.8 Å². The van der Waals surface area contributed by atoms with Crippen LogP contribution < -0.4 is 10.3 Å². The van der Waals surface area contributed by atoms with Crippen LogP contribution in [0.2, 0.25) is 0 Å². The number of ether oxygens (including phenoxy) is 2. The third-order valence-electron chi connectivity index (χ3n) is 4.83. The summed E-state index contributed by atoms with van der Waals surface area (Å²) in [6.07, 6.45) is -0.160. The predicted octanol–water partition coefficient (Wildman–Crippen LogP) is 1.72. The first-order valence-electron chi connectivity index (χ1n) is 8.61. The summed E-state index contributed by atoms with van der Waals surface area (Å²) in [7, 11) is 1.57. The second-order valence-corrected chi connectivity index (χ2v) is 7.22. The summed E-state index contributed by atoms with van der Waals surface area (Å²) < 4.78 is 10.6. The number of H-pyrrole nitrogens is 2. The number of carbonyl (C=O) groups excluding carboxylic acids is 1. The quantitative estimate of drug-likeness (QED) is 0.720. The van der Waals surface area contributed by atoms with E-state index in [1.54, 1.807) is 52.1 Å². The van der Waals surface area contributed by atoms with Crippen molar-refractivity contribution >= 4 is 5.97 Å². The summed E-state index contributed by atoms with van der Waals surface area (Å²) in [5.74, 6) is -1.37. The number of benzene rings is 1. The van der Waals surface area contributed by atoms with Crippen LogP contribution in [0.3, 0.4) is 0 Å². The molecule has 0 saturated heterocycles. The molecule has 1 aromatic carbocycles. The molecule has 1 aliphatic carbocycles. The Morgan fingerprint density at radius 3 is 2.50 bits per heavy atom. The number of aromatic nitrogens is 2. The molecule has 7 heteroatoms. The van der Waals surface area contributed by atoms with Gasteiger partial charge < -0.3 is 19.7 Å². The molecule has 1 heterocycles. The van der Waals surface area contributed by atoms with Gasteiger partial charge in [0.05, 0.1) is 24.7 Å². The van der Waals surface area contributed by atoms with Crippen molar-refractivity contribution in [3.8, 4) is 5.75 Å². The van der Waals surface area contributed by atoms with E-state index in [0.29, 0.717) is 17.0 Å². The molecule has 140 valence electrons. The van der Waals surface area contributed by atoms with Crippen molar-refractivity contribution in [2.75, 3.05) is 7.11 Å². The first-order valence-corrected chi connectivity index (χ1v) is 8.61. The number of esters is 1. The third-order valence-corrected chi connectivity index (χ3v) is 4.83. The van der Waals surface area contributed by atoms with Crippen molar-refractivity contribution in [1.82, 2.24) is 10.2 Å². The van der Waals surface area contributed by atoms with Gasteiger partial charge in [-0.05, 0) is 38.5 Å². The lowest BCUT2D eigenvalue weighted by Crippen LogP contribution is -2.50. The van der Waals surface area contributed by atoms with Gasteiger partial charge in [-0.3, -0.25) is 14.7 Å². The molecule has 3 atom stereocenters. The van der Waals surface area contributed by atoms with Crippen LogP contribution in [0.4, 0.5) is 0 Å². The summed E-state index contributed by atoms with van der Waals surface area (Å²) in [4.78, 5) is 25.3. The molecule has 0 aliphatic heterocycles. The maximum atomic E-state index is 12.8. The van der Waals surface area contributed by atoms with Gasteiger partial charge in [0.15, 0.2) is 0 Å². The average Bonchev–Trinajstić information content (AvgIpc) is 2.92. The van der Waals surface area contributed by atoms with E-state index in [1.807, 2.05) is 0 Å². The Morgan fingerprint density at radius 2 is 1.92 bits per heavy atom. The Balaban J connectivity index is 2.16. The topological polar surface area (TPSA) is 104 Å². The molecule has 0 bridgehead atoms. The largest absolute Gasteiger partial charge is 0.497 e. The van der Waals surface area contributed by atoms with Crippen LogP contribution in [0.15, 0.2) is 29.1 Å². The number of aromatic amines is 2. The molecule has 2 aromatic rings.